The molecule has 3 aromatic rings. The smallest absolute Gasteiger partial charge is 0.255 e. The maximum Gasteiger partial charge on any atom is 0.255 e. The van der Waals surface area contributed by atoms with E-state index in [9.17, 15) is 14.0 Å². The summed E-state index contributed by atoms with van der Waals surface area (Å²) in [4.78, 5) is 30.3. The Kier molecular flexibility index (Phi) is 8.33. The number of nitrogens with zero attached hydrogens (tertiary/aromatic N) is 4. The molecule has 3 aliphatic rings. The number of nitrogens with two attached hydrogens (primary N) is 2. The largest absolute Gasteiger partial charge is 0.496 e. The van der Waals surface area contributed by atoms with E-state index in [1.54, 1.807) is 4.68 Å². The van der Waals surface area contributed by atoms with E-state index < -0.39 is 17.6 Å². The Morgan fingerprint density at radius 1 is 1.09 bits per heavy atom. The van der Waals surface area contributed by atoms with Crippen molar-refractivity contribution in [2.45, 2.75) is 31.5 Å². The molecule has 0 aliphatic carbocycles. The number of amides is 2. The van der Waals surface area contributed by atoms with Gasteiger partial charge in [0.1, 0.15) is 28.6 Å². The van der Waals surface area contributed by atoms with E-state index >= 15 is 0 Å². The summed E-state index contributed by atoms with van der Waals surface area (Å²) in [6.45, 7) is 7.91. The van der Waals surface area contributed by atoms with Gasteiger partial charge < -0.3 is 26.8 Å². The number of nitrogens with one attached hydrogen (secondary N) is 2. The zero-order valence-corrected chi connectivity index (χ0v) is 24.4. The highest BCUT2D eigenvalue weighted by Crippen LogP contribution is 2.34. The summed E-state index contributed by atoms with van der Waals surface area (Å²) >= 11 is 0. The zero-order chi connectivity index (χ0) is 30.1. The summed E-state index contributed by atoms with van der Waals surface area (Å²) < 4.78 is 20.6. The molecule has 0 bridgehead atoms. The first-order valence-corrected chi connectivity index (χ1v) is 14.9. The Bertz CT molecular complexity index is 1470. The summed E-state index contributed by atoms with van der Waals surface area (Å²) in [5, 5.41) is 10.9. The minimum absolute atomic E-state index is 0.0923. The van der Waals surface area contributed by atoms with Crippen LogP contribution in [0.2, 0.25) is 0 Å². The van der Waals surface area contributed by atoms with E-state index in [2.05, 4.69) is 20.4 Å². The third kappa shape index (κ3) is 6.08. The predicted octanol–water partition coefficient (Wildman–Crippen LogP) is 1.85. The topological polar surface area (TPSA) is 144 Å². The number of piperidine rings is 1. The van der Waals surface area contributed by atoms with Gasteiger partial charge in [-0.05, 0) is 42.5 Å². The first kappa shape index (κ1) is 29.1. The van der Waals surface area contributed by atoms with Gasteiger partial charge in [-0.1, -0.05) is 24.3 Å². The van der Waals surface area contributed by atoms with Gasteiger partial charge in [-0.25, -0.2) is 9.07 Å². The van der Waals surface area contributed by atoms with Crippen molar-refractivity contribution in [2.75, 3.05) is 58.7 Å². The summed E-state index contributed by atoms with van der Waals surface area (Å²) in [6.07, 6.45) is 1.81. The fourth-order valence-corrected chi connectivity index (χ4v) is 6.35. The van der Waals surface area contributed by atoms with E-state index in [0.717, 1.165) is 69.7 Å². The number of benzene rings is 2. The number of ether oxygens (including phenoxy) is 1. The monoisotopic (exact) mass is 590 g/mol. The fraction of sp³-hybridized carbons (Fsp3) is 0.452. The molecule has 2 amide bonds. The molecule has 11 nitrogen and oxygen atoms in total. The van der Waals surface area contributed by atoms with Crippen LogP contribution in [-0.2, 0) is 6.54 Å². The van der Waals surface area contributed by atoms with Gasteiger partial charge in [0.05, 0.1) is 18.7 Å². The maximum atomic E-state index is 13.7. The second kappa shape index (κ2) is 12.3. The molecule has 0 radical (unpaired) electrons. The molecule has 1 aromatic heterocycles. The van der Waals surface area contributed by atoms with Crippen LogP contribution in [0.15, 0.2) is 42.5 Å². The molecule has 0 saturated carbocycles. The molecular formula is C31H39FN8O3. The van der Waals surface area contributed by atoms with E-state index in [4.69, 9.17) is 21.3 Å². The van der Waals surface area contributed by atoms with Crippen molar-refractivity contribution in [3.63, 3.8) is 0 Å². The SMILES string of the molecule is COc1ccc(F)cc1C(=O)NCc1ccc(-c2nn(C3CCN(C4CN(CC5CNC5)C4)CC3)c(N)c2C(N)=O)cc1. The molecule has 0 atom stereocenters. The second-order valence-corrected chi connectivity index (χ2v) is 11.8. The number of aromatic nitrogens is 2. The van der Waals surface area contributed by atoms with E-state index in [0.29, 0.717) is 28.9 Å². The van der Waals surface area contributed by atoms with Crippen LogP contribution in [0.5, 0.6) is 5.75 Å². The average Bonchev–Trinajstić information content (AvgIpc) is 3.32. The maximum absolute atomic E-state index is 13.7. The number of methoxy groups -OCH3 is 1. The standard InChI is InChI=1S/C31H39FN8O3/c1-43-26-7-6-22(32)12-25(26)31(42)36-15-19-2-4-21(5-3-19)28-27(30(34)41)29(33)40(37-28)23-8-10-39(11-9-23)24-17-38(18-24)16-20-13-35-14-20/h2-7,12,20,23-24,35H,8-11,13-18,33H2,1H3,(H2,34,41)(H,36,42). The Morgan fingerprint density at radius 2 is 1.81 bits per heavy atom. The molecule has 6 rings (SSSR count). The van der Waals surface area contributed by atoms with Gasteiger partial charge in [0.15, 0.2) is 0 Å². The minimum Gasteiger partial charge on any atom is -0.496 e. The lowest BCUT2D eigenvalue weighted by atomic mass is 9.96. The number of primary amides is 1. The lowest BCUT2D eigenvalue weighted by Crippen LogP contribution is -2.63. The number of likely N-dealkylation sites (tertiary alicyclic amines) is 2. The average molecular weight is 591 g/mol. The predicted molar refractivity (Wildman–Crippen MR) is 161 cm³/mol. The Hall–Kier alpha value is -4.00. The van der Waals surface area contributed by atoms with Crippen LogP contribution in [0.1, 0.15) is 45.2 Å². The number of halogens is 1. The molecule has 2 aromatic carbocycles. The molecule has 0 unspecified atom stereocenters. The Labute approximate surface area is 250 Å². The number of anilines is 1. The van der Waals surface area contributed by atoms with Crippen LogP contribution in [0, 0.1) is 11.7 Å². The van der Waals surface area contributed by atoms with Crippen LogP contribution in [0.4, 0.5) is 10.2 Å². The van der Waals surface area contributed by atoms with Crippen molar-refractivity contribution in [3.8, 4) is 17.0 Å². The van der Waals surface area contributed by atoms with Crippen molar-refractivity contribution in [2.24, 2.45) is 11.7 Å². The molecule has 43 heavy (non-hydrogen) atoms. The van der Waals surface area contributed by atoms with Crippen molar-refractivity contribution < 1.29 is 18.7 Å². The van der Waals surface area contributed by atoms with Crippen LogP contribution < -0.4 is 26.8 Å². The number of rotatable bonds is 10. The molecule has 3 saturated heterocycles. The quantitative estimate of drug-likeness (QED) is 0.280. The van der Waals surface area contributed by atoms with E-state index in [1.165, 1.54) is 25.8 Å². The van der Waals surface area contributed by atoms with Crippen LogP contribution in [0.3, 0.4) is 0 Å². The zero-order valence-electron chi connectivity index (χ0n) is 24.4. The molecular weight excluding hydrogens is 551 g/mol. The summed E-state index contributed by atoms with van der Waals surface area (Å²) in [6, 6.07) is 11.8. The Morgan fingerprint density at radius 3 is 2.44 bits per heavy atom. The van der Waals surface area contributed by atoms with Crippen molar-refractivity contribution in [3.05, 3.63) is 65.0 Å². The van der Waals surface area contributed by atoms with Gasteiger partial charge in [-0.15, -0.1) is 0 Å². The third-order valence-electron chi connectivity index (χ3n) is 8.96. The first-order valence-electron chi connectivity index (χ1n) is 14.9. The third-order valence-corrected chi connectivity index (χ3v) is 8.96. The fourth-order valence-electron chi connectivity index (χ4n) is 6.35. The summed E-state index contributed by atoms with van der Waals surface area (Å²) in [5.41, 5.74) is 14.6. The Balaban J connectivity index is 1.08. The number of hydrogen-bond donors (Lipinski definition) is 4. The van der Waals surface area contributed by atoms with Gasteiger partial charge in [0.25, 0.3) is 11.8 Å². The van der Waals surface area contributed by atoms with Gasteiger partial charge in [-0.3, -0.25) is 19.4 Å². The summed E-state index contributed by atoms with van der Waals surface area (Å²) in [7, 11) is 1.43. The second-order valence-electron chi connectivity index (χ2n) is 11.8. The molecule has 6 N–H and O–H groups in total. The van der Waals surface area contributed by atoms with E-state index in [-0.39, 0.29) is 23.7 Å². The number of hydrogen-bond acceptors (Lipinski definition) is 8. The van der Waals surface area contributed by atoms with Gasteiger partial charge in [0, 0.05) is 64.0 Å². The van der Waals surface area contributed by atoms with Crippen LogP contribution >= 0.6 is 0 Å². The van der Waals surface area contributed by atoms with Crippen LogP contribution in [0.25, 0.3) is 11.3 Å². The lowest BCUT2D eigenvalue weighted by Gasteiger charge is -2.49. The lowest BCUT2D eigenvalue weighted by molar-refractivity contribution is 0.00272. The molecule has 12 heteroatoms. The van der Waals surface area contributed by atoms with E-state index in [1.807, 2.05) is 24.3 Å². The number of carbonyl (C=O) groups is 2. The van der Waals surface area contributed by atoms with Gasteiger partial charge in [-0.2, -0.15) is 5.10 Å². The van der Waals surface area contributed by atoms with Crippen molar-refractivity contribution in [1.82, 2.24) is 30.2 Å². The normalized spacial score (nSPS) is 18.7. The number of nitrogen functional groups attached to an aromatic ring is 1. The van der Waals surface area contributed by atoms with Crippen LogP contribution in [-0.4, -0.2) is 90.4 Å². The first-order chi connectivity index (χ1) is 20.8. The molecule has 3 fully saturated rings. The molecule has 228 valence electrons. The van der Waals surface area contributed by atoms with Gasteiger partial charge in [0.2, 0.25) is 0 Å². The highest BCUT2D eigenvalue weighted by molar-refractivity contribution is 6.03. The minimum atomic E-state index is -0.618. The summed E-state index contributed by atoms with van der Waals surface area (Å²) in [5.74, 6) is -0.199. The molecule has 0 spiro atoms. The van der Waals surface area contributed by atoms with Crippen molar-refractivity contribution in [1.29, 1.82) is 0 Å². The van der Waals surface area contributed by atoms with Gasteiger partial charge >= 0.3 is 0 Å². The number of carbonyl (C=O) groups excluding carboxylic acids is 2. The van der Waals surface area contributed by atoms with Crippen molar-refractivity contribution >= 4 is 17.6 Å². The molecule has 4 heterocycles. The highest BCUT2D eigenvalue weighted by atomic mass is 19.1. The highest BCUT2D eigenvalue weighted by Gasteiger charge is 2.36. The molecule has 3 aliphatic heterocycles.